The summed E-state index contributed by atoms with van der Waals surface area (Å²) in [4.78, 5) is 14.3. The Morgan fingerprint density at radius 1 is 1.24 bits per heavy atom. The molecule has 2 aromatic heterocycles. The molecule has 25 heavy (non-hydrogen) atoms. The maximum Gasteiger partial charge on any atom is 0.194 e. The third kappa shape index (κ3) is 4.09. The fourth-order valence-electron chi connectivity index (χ4n) is 2.74. The van der Waals surface area contributed by atoms with Gasteiger partial charge in [-0.05, 0) is 17.7 Å². The number of nitrogens with one attached hydrogen (secondary N) is 2. The van der Waals surface area contributed by atoms with E-state index in [1.54, 1.807) is 7.05 Å². The van der Waals surface area contributed by atoms with Crippen molar-refractivity contribution < 1.29 is 0 Å². The van der Waals surface area contributed by atoms with E-state index in [9.17, 15) is 0 Å². The quantitative estimate of drug-likeness (QED) is 0.556. The molecule has 0 aliphatic rings. The van der Waals surface area contributed by atoms with Gasteiger partial charge >= 0.3 is 0 Å². The highest BCUT2D eigenvalue weighted by Gasteiger charge is 2.10. The van der Waals surface area contributed by atoms with Crippen molar-refractivity contribution in [2.45, 2.75) is 13.1 Å². The van der Waals surface area contributed by atoms with Crippen molar-refractivity contribution in [2.24, 2.45) is 12.0 Å². The summed E-state index contributed by atoms with van der Waals surface area (Å²) < 4.78 is 2.10. The number of aromatic nitrogens is 3. The van der Waals surface area contributed by atoms with Crippen LogP contribution in [-0.4, -0.2) is 39.5 Å². The van der Waals surface area contributed by atoms with Crippen molar-refractivity contribution >= 4 is 5.96 Å². The summed E-state index contributed by atoms with van der Waals surface area (Å²) in [6.07, 6.45) is 3.91. The maximum absolute atomic E-state index is 4.49. The van der Waals surface area contributed by atoms with Crippen LogP contribution in [0, 0.1) is 0 Å². The molecule has 130 valence electrons. The van der Waals surface area contributed by atoms with Crippen LogP contribution in [0.1, 0.15) is 11.5 Å². The number of aliphatic imine (C=N–C) groups is 1. The number of hydrogen-bond acceptors (Lipinski definition) is 2. The molecule has 2 heterocycles. The summed E-state index contributed by atoms with van der Waals surface area (Å²) in [5, 5.41) is 3.38. The average Bonchev–Trinajstić information content (AvgIpc) is 3.25. The van der Waals surface area contributed by atoms with Gasteiger partial charge in [0.1, 0.15) is 5.82 Å². The first-order valence-corrected chi connectivity index (χ1v) is 8.28. The molecule has 0 saturated heterocycles. The minimum absolute atomic E-state index is 0.652. The highest BCUT2D eigenvalue weighted by Crippen LogP contribution is 2.16. The molecular weight excluding hydrogens is 312 g/mol. The molecule has 0 bridgehead atoms. The molecule has 0 aliphatic carbocycles. The number of aryl methyl sites for hydroxylation is 1. The van der Waals surface area contributed by atoms with Gasteiger partial charge in [0.15, 0.2) is 5.96 Å². The standard InChI is InChI=1S/C19H24N6/c1-20-19(22-12-16-10-7-11-24(16)2)25(3)14-18-21-13-17(23-18)15-8-5-4-6-9-15/h4-11,13H,12,14H2,1-3H3,(H,20,22)(H,21,23). The Bertz CT molecular complexity index is 830. The number of rotatable bonds is 5. The normalized spacial score (nSPS) is 11.6. The molecule has 1 aromatic carbocycles. The van der Waals surface area contributed by atoms with Gasteiger partial charge in [0.2, 0.25) is 0 Å². The highest BCUT2D eigenvalue weighted by atomic mass is 15.3. The Kier molecular flexibility index (Phi) is 5.18. The summed E-state index contributed by atoms with van der Waals surface area (Å²) >= 11 is 0. The van der Waals surface area contributed by atoms with Gasteiger partial charge in [0.25, 0.3) is 0 Å². The summed E-state index contributed by atoms with van der Waals surface area (Å²) in [6.45, 7) is 1.38. The Labute approximate surface area is 148 Å². The van der Waals surface area contributed by atoms with Crippen LogP contribution < -0.4 is 5.32 Å². The number of aromatic amines is 1. The Hall–Kier alpha value is -3.02. The molecule has 6 heteroatoms. The van der Waals surface area contributed by atoms with Gasteiger partial charge < -0.3 is 19.8 Å². The first kappa shape index (κ1) is 16.8. The molecule has 3 rings (SSSR count). The highest BCUT2D eigenvalue weighted by molar-refractivity contribution is 5.79. The number of imidazole rings is 1. The lowest BCUT2D eigenvalue weighted by molar-refractivity contribution is 0.462. The lowest BCUT2D eigenvalue weighted by atomic mass is 10.2. The molecule has 0 radical (unpaired) electrons. The first-order valence-electron chi connectivity index (χ1n) is 8.28. The van der Waals surface area contributed by atoms with Crippen LogP contribution in [0.2, 0.25) is 0 Å². The molecule has 0 aliphatic heterocycles. The Morgan fingerprint density at radius 3 is 2.72 bits per heavy atom. The van der Waals surface area contributed by atoms with E-state index in [1.165, 1.54) is 5.69 Å². The smallest absolute Gasteiger partial charge is 0.194 e. The molecule has 2 N–H and O–H groups in total. The number of hydrogen-bond donors (Lipinski definition) is 2. The third-order valence-corrected chi connectivity index (χ3v) is 4.15. The van der Waals surface area contributed by atoms with Gasteiger partial charge in [-0.1, -0.05) is 30.3 Å². The minimum atomic E-state index is 0.652. The molecule has 0 amide bonds. The van der Waals surface area contributed by atoms with Gasteiger partial charge in [-0.3, -0.25) is 4.99 Å². The van der Waals surface area contributed by atoms with Gasteiger partial charge in [-0.25, -0.2) is 4.98 Å². The van der Waals surface area contributed by atoms with E-state index in [0.29, 0.717) is 6.54 Å². The van der Waals surface area contributed by atoms with Crippen LogP contribution in [0.5, 0.6) is 0 Å². The van der Waals surface area contributed by atoms with E-state index in [2.05, 4.69) is 47.9 Å². The molecule has 0 saturated carbocycles. The second-order valence-corrected chi connectivity index (χ2v) is 5.98. The predicted octanol–water partition coefficient (Wildman–Crippen LogP) is 2.62. The van der Waals surface area contributed by atoms with E-state index in [-0.39, 0.29) is 0 Å². The van der Waals surface area contributed by atoms with Crippen molar-refractivity contribution in [2.75, 3.05) is 14.1 Å². The van der Waals surface area contributed by atoms with Crippen LogP contribution in [0.15, 0.2) is 59.9 Å². The van der Waals surface area contributed by atoms with Crippen LogP contribution in [0.25, 0.3) is 11.3 Å². The van der Waals surface area contributed by atoms with Crippen LogP contribution >= 0.6 is 0 Å². The number of benzene rings is 1. The number of H-pyrrole nitrogens is 1. The van der Waals surface area contributed by atoms with E-state index >= 15 is 0 Å². The lowest BCUT2D eigenvalue weighted by Gasteiger charge is -2.21. The van der Waals surface area contributed by atoms with Gasteiger partial charge in [0, 0.05) is 33.0 Å². The van der Waals surface area contributed by atoms with Crippen molar-refractivity contribution in [1.29, 1.82) is 0 Å². The largest absolute Gasteiger partial charge is 0.353 e. The Morgan fingerprint density at radius 2 is 2.04 bits per heavy atom. The summed E-state index contributed by atoms with van der Waals surface area (Å²) in [7, 11) is 5.84. The molecule has 6 nitrogen and oxygen atoms in total. The lowest BCUT2D eigenvalue weighted by Crippen LogP contribution is -2.38. The number of nitrogens with zero attached hydrogens (tertiary/aromatic N) is 4. The monoisotopic (exact) mass is 336 g/mol. The SMILES string of the molecule is CN=C(NCc1cccn1C)N(C)Cc1ncc(-c2ccccc2)[nH]1. The fourth-order valence-corrected chi connectivity index (χ4v) is 2.74. The van der Waals surface area contributed by atoms with Gasteiger partial charge in [-0.2, -0.15) is 0 Å². The zero-order chi connectivity index (χ0) is 17.6. The molecule has 0 unspecified atom stereocenters. The molecule has 0 fully saturated rings. The second-order valence-electron chi connectivity index (χ2n) is 5.98. The van der Waals surface area contributed by atoms with Crippen molar-refractivity contribution in [3.63, 3.8) is 0 Å². The summed E-state index contributed by atoms with van der Waals surface area (Å²) in [6, 6.07) is 14.3. The number of guanidine groups is 1. The minimum Gasteiger partial charge on any atom is -0.353 e. The van der Waals surface area contributed by atoms with E-state index in [1.807, 2.05) is 50.8 Å². The Balaban J connectivity index is 1.61. The van der Waals surface area contributed by atoms with Crippen molar-refractivity contribution in [3.05, 3.63) is 66.4 Å². The van der Waals surface area contributed by atoms with E-state index in [4.69, 9.17) is 0 Å². The fraction of sp³-hybridized carbons (Fsp3) is 0.263. The van der Waals surface area contributed by atoms with E-state index < -0.39 is 0 Å². The summed E-state index contributed by atoms with van der Waals surface area (Å²) in [5.74, 6) is 1.74. The zero-order valence-corrected chi connectivity index (χ0v) is 14.9. The van der Waals surface area contributed by atoms with Gasteiger partial charge in [0.05, 0.1) is 25.0 Å². The first-order chi connectivity index (χ1) is 12.2. The maximum atomic E-state index is 4.49. The van der Waals surface area contributed by atoms with Crippen molar-refractivity contribution in [1.82, 2.24) is 24.8 Å². The molecular formula is C19H24N6. The molecule has 0 atom stereocenters. The molecule has 3 aromatic rings. The average molecular weight is 336 g/mol. The van der Waals surface area contributed by atoms with Crippen LogP contribution in [0.4, 0.5) is 0 Å². The predicted molar refractivity (Wildman–Crippen MR) is 101 cm³/mol. The molecule has 0 spiro atoms. The van der Waals surface area contributed by atoms with Crippen molar-refractivity contribution in [3.8, 4) is 11.3 Å². The third-order valence-electron chi connectivity index (χ3n) is 4.15. The topological polar surface area (TPSA) is 61.2 Å². The van der Waals surface area contributed by atoms with Crippen LogP contribution in [-0.2, 0) is 20.1 Å². The van der Waals surface area contributed by atoms with Gasteiger partial charge in [-0.15, -0.1) is 0 Å². The zero-order valence-electron chi connectivity index (χ0n) is 14.9. The summed E-state index contributed by atoms with van der Waals surface area (Å²) in [5.41, 5.74) is 3.37. The van der Waals surface area contributed by atoms with Crippen LogP contribution in [0.3, 0.4) is 0 Å². The second kappa shape index (κ2) is 7.70. The van der Waals surface area contributed by atoms with E-state index in [0.717, 1.165) is 29.6 Å².